The van der Waals surface area contributed by atoms with Gasteiger partial charge in [-0.1, -0.05) is 6.07 Å². The highest BCUT2D eigenvalue weighted by Crippen LogP contribution is 2.33. The second-order valence-corrected chi connectivity index (χ2v) is 4.37. The monoisotopic (exact) mass is 285 g/mol. The van der Waals surface area contributed by atoms with Crippen LogP contribution in [-0.4, -0.2) is 10.1 Å². The van der Waals surface area contributed by atoms with Crippen LogP contribution in [0.4, 0.5) is 17.6 Å². The second kappa shape index (κ2) is 5.20. The molecule has 0 aliphatic heterocycles. The van der Waals surface area contributed by atoms with Crippen molar-refractivity contribution in [3.8, 4) is 0 Å². The summed E-state index contributed by atoms with van der Waals surface area (Å²) in [5, 5.41) is 10.0. The molecule has 2 nitrogen and oxygen atoms in total. The molecular formula is C14H11F4NO. The van der Waals surface area contributed by atoms with Crippen LogP contribution in [0.1, 0.15) is 28.5 Å². The van der Waals surface area contributed by atoms with E-state index in [1.165, 1.54) is 12.3 Å². The molecule has 0 spiro atoms. The zero-order valence-corrected chi connectivity index (χ0v) is 10.4. The molecule has 0 aliphatic carbocycles. The van der Waals surface area contributed by atoms with Crippen LogP contribution >= 0.6 is 0 Å². The maximum Gasteiger partial charge on any atom is 0.416 e. The SMILES string of the molecule is Cc1ccc(C(O)c2cc(C(F)(F)F)ccc2F)cn1. The number of aromatic nitrogens is 1. The van der Waals surface area contributed by atoms with Crippen LogP contribution in [0.15, 0.2) is 36.5 Å². The highest BCUT2D eigenvalue weighted by atomic mass is 19.4. The molecule has 1 N–H and O–H groups in total. The Labute approximate surface area is 112 Å². The Balaban J connectivity index is 2.43. The Morgan fingerprint density at radius 2 is 1.85 bits per heavy atom. The van der Waals surface area contributed by atoms with Gasteiger partial charge in [0.05, 0.1) is 5.56 Å². The van der Waals surface area contributed by atoms with Crippen molar-refractivity contribution < 1.29 is 22.7 Å². The molecule has 20 heavy (non-hydrogen) atoms. The fourth-order valence-corrected chi connectivity index (χ4v) is 1.75. The Bertz CT molecular complexity index is 608. The van der Waals surface area contributed by atoms with Crippen LogP contribution in [0, 0.1) is 12.7 Å². The van der Waals surface area contributed by atoms with Crippen LogP contribution in [-0.2, 0) is 6.18 Å². The van der Waals surface area contributed by atoms with Crippen LogP contribution in [0.25, 0.3) is 0 Å². The summed E-state index contributed by atoms with van der Waals surface area (Å²) < 4.78 is 51.4. The number of alkyl halides is 3. The quantitative estimate of drug-likeness (QED) is 0.855. The van der Waals surface area contributed by atoms with Crippen molar-refractivity contribution >= 4 is 0 Å². The fraction of sp³-hybridized carbons (Fsp3) is 0.214. The van der Waals surface area contributed by atoms with E-state index in [0.717, 1.165) is 0 Å². The first-order valence-corrected chi connectivity index (χ1v) is 5.76. The van der Waals surface area contributed by atoms with Gasteiger partial charge in [0.25, 0.3) is 0 Å². The van der Waals surface area contributed by atoms with Crippen molar-refractivity contribution in [2.45, 2.75) is 19.2 Å². The van der Waals surface area contributed by atoms with Crippen LogP contribution in [0.3, 0.4) is 0 Å². The number of pyridine rings is 1. The standard InChI is InChI=1S/C14H11F4NO/c1-8-2-3-9(7-19-8)13(20)11-6-10(14(16,17)18)4-5-12(11)15/h2-7,13,20H,1H3. The number of nitrogens with zero attached hydrogens (tertiary/aromatic N) is 1. The van der Waals surface area contributed by atoms with E-state index in [2.05, 4.69) is 4.98 Å². The lowest BCUT2D eigenvalue weighted by Crippen LogP contribution is -2.09. The molecule has 2 aromatic rings. The number of benzene rings is 1. The number of hydrogen-bond acceptors (Lipinski definition) is 2. The average Bonchev–Trinajstić information content (AvgIpc) is 2.38. The van der Waals surface area contributed by atoms with E-state index in [0.29, 0.717) is 23.9 Å². The first-order valence-electron chi connectivity index (χ1n) is 5.76. The number of hydrogen-bond donors (Lipinski definition) is 1. The van der Waals surface area contributed by atoms with Crippen molar-refractivity contribution in [1.29, 1.82) is 0 Å². The molecule has 0 saturated heterocycles. The predicted molar refractivity (Wildman–Crippen MR) is 64.4 cm³/mol. The van der Waals surface area contributed by atoms with Crippen molar-refractivity contribution in [3.05, 3.63) is 64.7 Å². The van der Waals surface area contributed by atoms with E-state index in [1.807, 2.05) is 0 Å². The lowest BCUT2D eigenvalue weighted by Gasteiger charge is -2.15. The molecule has 0 fully saturated rings. The number of aryl methyl sites for hydroxylation is 1. The minimum absolute atomic E-state index is 0.230. The second-order valence-electron chi connectivity index (χ2n) is 4.37. The summed E-state index contributed by atoms with van der Waals surface area (Å²) in [5.41, 5.74) is -0.516. The van der Waals surface area contributed by atoms with Gasteiger partial charge < -0.3 is 5.11 Å². The predicted octanol–water partition coefficient (Wildman–Crippen LogP) is 3.63. The molecule has 0 bridgehead atoms. The molecule has 0 saturated carbocycles. The van der Waals surface area contributed by atoms with Gasteiger partial charge >= 0.3 is 6.18 Å². The molecule has 106 valence electrons. The van der Waals surface area contributed by atoms with Gasteiger partial charge in [0.15, 0.2) is 0 Å². The largest absolute Gasteiger partial charge is 0.416 e. The summed E-state index contributed by atoms with van der Waals surface area (Å²) in [5.74, 6) is -0.897. The van der Waals surface area contributed by atoms with Gasteiger partial charge in [0.1, 0.15) is 11.9 Å². The maximum atomic E-state index is 13.6. The molecule has 1 aromatic heterocycles. The number of aliphatic hydroxyl groups excluding tert-OH is 1. The molecule has 2 rings (SSSR count). The molecule has 0 amide bonds. The molecule has 1 atom stereocenters. The third kappa shape index (κ3) is 2.96. The van der Waals surface area contributed by atoms with E-state index >= 15 is 0 Å². The van der Waals surface area contributed by atoms with E-state index in [-0.39, 0.29) is 5.56 Å². The summed E-state index contributed by atoms with van der Waals surface area (Å²) in [7, 11) is 0. The summed E-state index contributed by atoms with van der Waals surface area (Å²) in [4.78, 5) is 3.92. The van der Waals surface area contributed by atoms with Gasteiger partial charge in [-0.25, -0.2) is 4.39 Å². The van der Waals surface area contributed by atoms with Gasteiger partial charge in [0.2, 0.25) is 0 Å². The van der Waals surface area contributed by atoms with E-state index < -0.39 is 29.2 Å². The molecule has 0 radical (unpaired) electrons. The van der Waals surface area contributed by atoms with Gasteiger partial charge in [-0.05, 0) is 31.2 Å². The summed E-state index contributed by atoms with van der Waals surface area (Å²) in [6, 6.07) is 5.03. The third-order valence-corrected chi connectivity index (χ3v) is 2.87. The zero-order chi connectivity index (χ0) is 14.9. The maximum absolute atomic E-state index is 13.6. The lowest BCUT2D eigenvalue weighted by atomic mass is 10.00. The van der Waals surface area contributed by atoms with Crippen LogP contribution < -0.4 is 0 Å². The highest BCUT2D eigenvalue weighted by molar-refractivity contribution is 5.34. The van der Waals surface area contributed by atoms with Gasteiger partial charge in [-0.15, -0.1) is 0 Å². The smallest absolute Gasteiger partial charge is 0.383 e. The highest BCUT2D eigenvalue weighted by Gasteiger charge is 2.32. The number of rotatable bonds is 2. The minimum Gasteiger partial charge on any atom is -0.383 e. The van der Waals surface area contributed by atoms with Crippen molar-refractivity contribution in [1.82, 2.24) is 4.98 Å². The van der Waals surface area contributed by atoms with Crippen LogP contribution in [0.5, 0.6) is 0 Å². The molecule has 0 aliphatic rings. The Morgan fingerprint density at radius 3 is 2.40 bits per heavy atom. The minimum atomic E-state index is -4.59. The molecule has 1 aromatic carbocycles. The number of halogens is 4. The Kier molecular flexibility index (Phi) is 3.76. The zero-order valence-electron chi connectivity index (χ0n) is 10.4. The van der Waals surface area contributed by atoms with Crippen molar-refractivity contribution in [3.63, 3.8) is 0 Å². The Hall–Kier alpha value is -1.95. The average molecular weight is 285 g/mol. The van der Waals surface area contributed by atoms with Gasteiger partial charge in [-0.3, -0.25) is 4.98 Å². The molecular weight excluding hydrogens is 274 g/mol. The topological polar surface area (TPSA) is 33.1 Å². The van der Waals surface area contributed by atoms with E-state index in [1.54, 1.807) is 13.0 Å². The number of aliphatic hydroxyl groups is 1. The lowest BCUT2D eigenvalue weighted by molar-refractivity contribution is -0.137. The normalized spacial score (nSPS) is 13.3. The molecule has 6 heteroatoms. The van der Waals surface area contributed by atoms with Gasteiger partial charge in [-0.2, -0.15) is 13.2 Å². The summed E-state index contributed by atoms with van der Waals surface area (Å²) in [6.07, 6.45) is -4.78. The molecule has 1 unspecified atom stereocenters. The fourth-order valence-electron chi connectivity index (χ4n) is 1.75. The first-order chi connectivity index (χ1) is 9.29. The first kappa shape index (κ1) is 14.5. The Morgan fingerprint density at radius 1 is 1.15 bits per heavy atom. The van der Waals surface area contributed by atoms with E-state index in [4.69, 9.17) is 0 Å². The summed E-state index contributed by atoms with van der Waals surface area (Å²) >= 11 is 0. The third-order valence-electron chi connectivity index (χ3n) is 2.87. The molecule has 1 heterocycles. The van der Waals surface area contributed by atoms with Crippen molar-refractivity contribution in [2.75, 3.05) is 0 Å². The summed E-state index contributed by atoms with van der Waals surface area (Å²) in [6.45, 7) is 1.72. The van der Waals surface area contributed by atoms with Crippen LogP contribution in [0.2, 0.25) is 0 Å². The van der Waals surface area contributed by atoms with Gasteiger partial charge in [0, 0.05) is 23.0 Å². The van der Waals surface area contributed by atoms with Crippen molar-refractivity contribution in [2.24, 2.45) is 0 Å². The van der Waals surface area contributed by atoms with E-state index in [9.17, 15) is 22.7 Å².